The second-order valence-corrected chi connectivity index (χ2v) is 3.31. The molecule has 1 aromatic rings. The van der Waals surface area contributed by atoms with Crippen LogP contribution in [-0.2, 0) is 11.2 Å². The number of amides is 1. The first-order valence-electron chi connectivity index (χ1n) is 4.86. The lowest BCUT2D eigenvalue weighted by Gasteiger charge is -2.15. The molecule has 0 saturated carbocycles. The van der Waals surface area contributed by atoms with Crippen LogP contribution in [0.5, 0.6) is 0 Å². The molecule has 1 unspecified atom stereocenters. The Kier molecular flexibility index (Phi) is 4.63. The maximum atomic E-state index is 10.4. The molecule has 0 spiro atoms. The number of carbonyl (C=O) groups excluding carboxylic acids is 1. The molecule has 0 fully saturated rings. The molecule has 15 heavy (non-hydrogen) atoms. The Morgan fingerprint density at radius 3 is 2.67 bits per heavy atom. The molecule has 1 atom stereocenters. The molecule has 0 aliphatic carbocycles. The molecular formula is C11H16N2O2. The van der Waals surface area contributed by atoms with Crippen molar-refractivity contribution in [1.29, 1.82) is 0 Å². The highest BCUT2D eigenvalue weighted by Gasteiger charge is 2.08. The van der Waals surface area contributed by atoms with E-state index in [1.807, 2.05) is 37.4 Å². The third-order valence-corrected chi connectivity index (χ3v) is 2.16. The summed E-state index contributed by atoms with van der Waals surface area (Å²) in [5.74, 6) is 0. The van der Waals surface area contributed by atoms with Crippen molar-refractivity contribution in [3.63, 3.8) is 0 Å². The van der Waals surface area contributed by atoms with Gasteiger partial charge in [0.2, 0.25) is 0 Å². The summed E-state index contributed by atoms with van der Waals surface area (Å²) < 4.78 is 4.74. The van der Waals surface area contributed by atoms with Gasteiger partial charge in [0.1, 0.15) is 6.61 Å². The van der Waals surface area contributed by atoms with Crippen LogP contribution in [0.3, 0.4) is 0 Å². The van der Waals surface area contributed by atoms with E-state index in [0.29, 0.717) is 6.61 Å². The van der Waals surface area contributed by atoms with Gasteiger partial charge < -0.3 is 15.8 Å². The Balaban J connectivity index is 2.43. The van der Waals surface area contributed by atoms with Crippen molar-refractivity contribution in [2.24, 2.45) is 5.73 Å². The molecule has 82 valence electrons. The smallest absolute Gasteiger partial charge is 0.404 e. The van der Waals surface area contributed by atoms with Crippen molar-refractivity contribution in [2.45, 2.75) is 12.5 Å². The Hall–Kier alpha value is -1.55. The minimum atomic E-state index is -0.733. The van der Waals surface area contributed by atoms with Gasteiger partial charge in [0, 0.05) is 6.04 Å². The van der Waals surface area contributed by atoms with Gasteiger partial charge in [0.25, 0.3) is 0 Å². The van der Waals surface area contributed by atoms with Gasteiger partial charge >= 0.3 is 6.09 Å². The number of hydrogen-bond donors (Lipinski definition) is 2. The standard InChI is InChI=1S/C11H16N2O2/c1-13-10(8-15-11(12)14)7-9-5-3-2-4-6-9/h2-6,10,13H,7-8H2,1H3,(H2,12,14). The van der Waals surface area contributed by atoms with E-state index >= 15 is 0 Å². The van der Waals surface area contributed by atoms with Crippen LogP contribution in [0.4, 0.5) is 4.79 Å². The van der Waals surface area contributed by atoms with Gasteiger partial charge in [-0.15, -0.1) is 0 Å². The Morgan fingerprint density at radius 2 is 2.13 bits per heavy atom. The van der Waals surface area contributed by atoms with Crippen LogP contribution in [0.25, 0.3) is 0 Å². The fraction of sp³-hybridized carbons (Fsp3) is 0.364. The van der Waals surface area contributed by atoms with Gasteiger partial charge in [-0.25, -0.2) is 4.79 Å². The van der Waals surface area contributed by atoms with Crippen molar-refractivity contribution >= 4 is 6.09 Å². The van der Waals surface area contributed by atoms with Crippen LogP contribution in [-0.4, -0.2) is 25.8 Å². The number of ether oxygens (including phenoxy) is 1. The Bertz CT molecular complexity index is 301. The lowest BCUT2D eigenvalue weighted by Crippen LogP contribution is -2.34. The number of rotatable bonds is 5. The van der Waals surface area contributed by atoms with Crippen molar-refractivity contribution in [3.8, 4) is 0 Å². The summed E-state index contributed by atoms with van der Waals surface area (Å²) in [6.07, 6.45) is 0.0771. The summed E-state index contributed by atoms with van der Waals surface area (Å²) in [4.78, 5) is 10.4. The van der Waals surface area contributed by atoms with Crippen molar-refractivity contribution < 1.29 is 9.53 Å². The summed E-state index contributed by atoms with van der Waals surface area (Å²) in [5, 5.41) is 3.07. The molecule has 1 aromatic carbocycles. The van der Waals surface area contributed by atoms with Crippen LogP contribution in [0, 0.1) is 0 Å². The summed E-state index contributed by atoms with van der Waals surface area (Å²) in [5.41, 5.74) is 6.10. The predicted octanol–water partition coefficient (Wildman–Crippen LogP) is 0.912. The fourth-order valence-corrected chi connectivity index (χ4v) is 1.33. The highest BCUT2D eigenvalue weighted by molar-refractivity contribution is 5.64. The first-order chi connectivity index (χ1) is 7.22. The van der Waals surface area contributed by atoms with Crippen LogP contribution < -0.4 is 11.1 Å². The zero-order chi connectivity index (χ0) is 11.1. The molecule has 0 aliphatic heterocycles. The maximum absolute atomic E-state index is 10.4. The molecule has 4 nitrogen and oxygen atoms in total. The average molecular weight is 208 g/mol. The molecule has 1 rings (SSSR count). The van der Waals surface area contributed by atoms with E-state index < -0.39 is 6.09 Å². The van der Waals surface area contributed by atoms with Crippen LogP contribution in [0.1, 0.15) is 5.56 Å². The lowest BCUT2D eigenvalue weighted by atomic mass is 10.1. The molecule has 1 amide bonds. The lowest BCUT2D eigenvalue weighted by molar-refractivity contribution is 0.144. The van der Waals surface area contributed by atoms with E-state index in [-0.39, 0.29) is 6.04 Å². The fourth-order valence-electron chi connectivity index (χ4n) is 1.33. The molecule has 0 bridgehead atoms. The van der Waals surface area contributed by atoms with Gasteiger partial charge in [-0.3, -0.25) is 0 Å². The number of benzene rings is 1. The molecule has 0 saturated heterocycles. The van der Waals surface area contributed by atoms with E-state index in [9.17, 15) is 4.79 Å². The van der Waals surface area contributed by atoms with Crippen LogP contribution in [0.15, 0.2) is 30.3 Å². The van der Waals surface area contributed by atoms with E-state index in [2.05, 4.69) is 5.32 Å². The first kappa shape index (κ1) is 11.5. The second kappa shape index (κ2) is 6.03. The molecular weight excluding hydrogens is 192 g/mol. The normalized spacial score (nSPS) is 12.1. The van der Waals surface area contributed by atoms with Crippen molar-refractivity contribution in [1.82, 2.24) is 5.32 Å². The number of primary amides is 1. The van der Waals surface area contributed by atoms with Crippen molar-refractivity contribution in [3.05, 3.63) is 35.9 Å². The van der Waals surface area contributed by atoms with E-state index in [4.69, 9.17) is 10.5 Å². The van der Waals surface area contributed by atoms with Gasteiger partial charge in [-0.05, 0) is 19.0 Å². The van der Waals surface area contributed by atoms with E-state index in [1.54, 1.807) is 0 Å². The predicted molar refractivity (Wildman–Crippen MR) is 58.5 cm³/mol. The molecule has 0 aromatic heterocycles. The largest absolute Gasteiger partial charge is 0.448 e. The highest BCUT2D eigenvalue weighted by Crippen LogP contribution is 2.03. The number of hydrogen-bond acceptors (Lipinski definition) is 3. The zero-order valence-corrected chi connectivity index (χ0v) is 8.77. The molecule has 0 aliphatic rings. The quantitative estimate of drug-likeness (QED) is 0.756. The molecule has 4 heteroatoms. The second-order valence-electron chi connectivity index (χ2n) is 3.31. The number of likely N-dealkylation sites (N-methyl/N-ethyl adjacent to an activating group) is 1. The van der Waals surface area contributed by atoms with Gasteiger partial charge in [0.15, 0.2) is 0 Å². The van der Waals surface area contributed by atoms with Crippen LogP contribution in [0.2, 0.25) is 0 Å². The van der Waals surface area contributed by atoms with E-state index in [0.717, 1.165) is 6.42 Å². The number of nitrogens with one attached hydrogen (secondary N) is 1. The SMILES string of the molecule is CNC(COC(N)=O)Cc1ccccc1. The Morgan fingerprint density at radius 1 is 1.47 bits per heavy atom. The summed E-state index contributed by atoms with van der Waals surface area (Å²) in [6.45, 7) is 0.292. The third-order valence-electron chi connectivity index (χ3n) is 2.16. The topological polar surface area (TPSA) is 64.3 Å². The minimum absolute atomic E-state index is 0.0971. The first-order valence-corrected chi connectivity index (χ1v) is 4.86. The van der Waals surface area contributed by atoms with Crippen molar-refractivity contribution in [2.75, 3.05) is 13.7 Å². The monoisotopic (exact) mass is 208 g/mol. The number of carbonyl (C=O) groups is 1. The van der Waals surface area contributed by atoms with E-state index in [1.165, 1.54) is 5.56 Å². The average Bonchev–Trinajstić information content (AvgIpc) is 2.25. The van der Waals surface area contributed by atoms with Gasteiger partial charge in [-0.1, -0.05) is 30.3 Å². The molecule has 0 heterocycles. The third kappa shape index (κ3) is 4.46. The number of nitrogens with two attached hydrogens (primary N) is 1. The van der Waals surface area contributed by atoms with Gasteiger partial charge in [-0.2, -0.15) is 0 Å². The van der Waals surface area contributed by atoms with Crippen LogP contribution >= 0.6 is 0 Å². The highest BCUT2D eigenvalue weighted by atomic mass is 16.5. The minimum Gasteiger partial charge on any atom is -0.448 e. The summed E-state index contributed by atoms with van der Waals surface area (Å²) in [7, 11) is 1.83. The van der Waals surface area contributed by atoms with Gasteiger partial charge in [0.05, 0.1) is 0 Å². The Labute approximate surface area is 89.4 Å². The summed E-state index contributed by atoms with van der Waals surface area (Å²) >= 11 is 0. The molecule has 3 N–H and O–H groups in total. The maximum Gasteiger partial charge on any atom is 0.404 e. The summed E-state index contributed by atoms with van der Waals surface area (Å²) in [6, 6.07) is 10.1. The zero-order valence-electron chi connectivity index (χ0n) is 8.77. The molecule has 0 radical (unpaired) electrons.